The van der Waals surface area contributed by atoms with Gasteiger partial charge in [0.2, 0.25) is 0 Å². The average Bonchev–Trinajstić information content (AvgIpc) is 2.55. The van der Waals surface area contributed by atoms with Gasteiger partial charge in [0, 0.05) is 17.0 Å². The van der Waals surface area contributed by atoms with Gasteiger partial charge < -0.3 is 9.47 Å². The Bertz CT molecular complexity index is 840. The molecule has 0 saturated carbocycles. The van der Waals surface area contributed by atoms with Crippen LogP contribution in [-0.4, -0.2) is 19.2 Å². The summed E-state index contributed by atoms with van der Waals surface area (Å²) in [6.45, 7) is 4.20. The lowest BCUT2D eigenvalue weighted by Gasteiger charge is -2.11. The number of hydrogen-bond acceptors (Lipinski definition) is 3. The second-order valence-corrected chi connectivity index (χ2v) is 5.41. The van der Waals surface area contributed by atoms with Crippen molar-refractivity contribution >= 4 is 10.9 Å². The molecule has 2 aromatic carbocycles. The number of ether oxygens (including phenoxy) is 2. The van der Waals surface area contributed by atoms with Crippen molar-refractivity contribution in [1.82, 2.24) is 4.98 Å². The van der Waals surface area contributed by atoms with Crippen molar-refractivity contribution in [3.63, 3.8) is 0 Å². The van der Waals surface area contributed by atoms with Crippen LogP contribution in [0.4, 0.5) is 0 Å². The van der Waals surface area contributed by atoms with Gasteiger partial charge in [-0.05, 0) is 37.6 Å². The van der Waals surface area contributed by atoms with Gasteiger partial charge in [0.05, 0.1) is 25.4 Å². The maximum Gasteiger partial charge on any atom is 0.162 e. The van der Waals surface area contributed by atoms with Gasteiger partial charge in [-0.2, -0.15) is 0 Å². The summed E-state index contributed by atoms with van der Waals surface area (Å²) < 4.78 is 10.7. The van der Waals surface area contributed by atoms with E-state index in [0.717, 1.165) is 27.9 Å². The fraction of sp³-hybridized carbons (Fsp3) is 0.211. The summed E-state index contributed by atoms with van der Waals surface area (Å²) in [7, 11) is 3.28. The van der Waals surface area contributed by atoms with Crippen molar-refractivity contribution in [3.05, 3.63) is 53.6 Å². The molecule has 3 rings (SSSR count). The molecule has 0 aliphatic heterocycles. The number of aromatic nitrogens is 1. The Labute approximate surface area is 130 Å². The number of nitrogens with zero attached hydrogens (tertiary/aromatic N) is 1. The topological polar surface area (TPSA) is 31.4 Å². The standard InChI is InChI=1S/C19H19NO2/c1-12-5-6-13(2)15(9-12)16-8-7-14-10-18(21-3)19(22-4)11-17(14)20-16/h5-11H,1-4H3. The van der Waals surface area contributed by atoms with Gasteiger partial charge >= 0.3 is 0 Å². The molecule has 3 heteroatoms. The third kappa shape index (κ3) is 2.50. The van der Waals surface area contributed by atoms with Crippen molar-refractivity contribution < 1.29 is 9.47 Å². The Kier molecular flexibility index (Phi) is 3.72. The van der Waals surface area contributed by atoms with Gasteiger partial charge in [0.1, 0.15) is 0 Å². The zero-order chi connectivity index (χ0) is 15.7. The first-order valence-corrected chi connectivity index (χ1v) is 7.23. The predicted molar refractivity (Wildman–Crippen MR) is 89.8 cm³/mol. The molecule has 0 atom stereocenters. The van der Waals surface area contributed by atoms with Crippen molar-refractivity contribution in [2.24, 2.45) is 0 Å². The molecule has 1 heterocycles. The van der Waals surface area contributed by atoms with E-state index in [9.17, 15) is 0 Å². The molecule has 0 fully saturated rings. The molecular weight excluding hydrogens is 274 g/mol. The molecule has 0 aliphatic carbocycles. The van der Waals surface area contributed by atoms with Crippen LogP contribution in [0.15, 0.2) is 42.5 Å². The lowest BCUT2D eigenvalue weighted by molar-refractivity contribution is 0.356. The van der Waals surface area contributed by atoms with Crippen LogP contribution in [0.1, 0.15) is 11.1 Å². The molecule has 0 bridgehead atoms. The van der Waals surface area contributed by atoms with Crippen molar-refractivity contribution in [2.45, 2.75) is 13.8 Å². The summed E-state index contributed by atoms with van der Waals surface area (Å²) >= 11 is 0. The lowest BCUT2D eigenvalue weighted by Crippen LogP contribution is -1.93. The minimum atomic E-state index is 0.695. The summed E-state index contributed by atoms with van der Waals surface area (Å²) in [6, 6.07) is 14.4. The van der Waals surface area contributed by atoms with Crippen molar-refractivity contribution in [2.75, 3.05) is 14.2 Å². The Morgan fingerprint density at radius 2 is 1.55 bits per heavy atom. The maximum absolute atomic E-state index is 5.37. The summed E-state index contributed by atoms with van der Waals surface area (Å²) in [4.78, 5) is 4.80. The van der Waals surface area contributed by atoms with Gasteiger partial charge in [0.15, 0.2) is 11.5 Å². The number of rotatable bonds is 3. The smallest absolute Gasteiger partial charge is 0.162 e. The van der Waals surface area contributed by atoms with Crippen molar-refractivity contribution in [3.8, 4) is 22.8 Å². The molecule has 22 heavy (non-hydrogen) atoms. The second kappa shape index (κ2) is 5.68. The van der Waals surface area contributed by atoms with Gasteiger partial charge in [-0.25, -0.2) is 4.98 Å². The van der Waals surface area contributed by atoms with E-state index in [2.05, 4.69) is 44.2 Å². The van der Waals surface area contributed by atoms with Crippen LogP contribution in [0.2, 0.25) is 0 Å². The zero-order valence-electron chi connectivity index (χ0n) is 13.3. The third-order valence-electron chi connectivity index (χ3n) is 3.86. The van der Waals surface area contributed by atoms with E-state index in [1.165, 1.54) is 11.1 Å². The predicted octanol–water partition coefficient (Wildman–Crippen LogP) is 4.54. The quantitative estimate of drug-likeness (QED) is 0.710. The van der Waals surface area contributed by atoms with E-state index < -0.39 is 0 Å². The molecule has 0 spiro atoms. The number of hydrogen-bond donors (Lipinski definition) is 0. The largest absolute Gasteiger partial charge is 0.493 e. The van der Waals surface area contributed by atoms with E-state index >= 15 is 0 Å². The monoisotopic (exact) mass is 293 g/mol. The first kappa shape index (κ1) is 14.4. The Morgan fingerprint density at radius 1 is 0.818 bits per heavy atom. The second-order valence-electron chi connectivity index (χ2n) is 5.41. The summed E-state index contributed by atoms with van der Waals surface area (Å²) in [6.07, 6.45) is 0. The molecule has 0 N–H and O–H groups in total. The highest BCUT2D eigenvalue weighted by Gasteiger charge is 2.09. The third-order valence-corrected chi connectivity index (χ3v) is 3.86. The van der Waals surface area contributed by atoms with Crippen LogP contribution in [-0.2, 0) is 0 Å². The van der Waals surface area contributed by atoms with Crippen LogP contribution in [0.25, 0.3) is 22.2 Å². The van der Waals surface area contributed by atoms with Crippen LogP contribution in [0, 0.1) is 13.8 Å². The molecule has 0 aliphatic rings. The molecule has 0 amide bonds. The maximum atomic E-state index is 5.37. The number of aryl methyl sites for hydroxylation is 2. The fourth-order valence-electron chi connectivity index (χ4n) is 2.61. The molecule has 3 nitrogen and oxygen atoms in total. The van der Waals surface area contributed by atoms with Crippen molar-refractivity contribution in [1.29, 1.82) is 0 Å². The van der Waals surface area contributed by atoms with Crippen LogP contribution in [0.5, 0.6) is 11.5 Å². The Hall–Kier alpha value is -2.55. The average molecular weight is 293 g/mol. The summed E-state index contributed by atoms with van der Waals surface area (Å²) in [5, 5.41) is 1.03. The van der Waals surface area contributed by atoms with E-state index in [0.29, 0.717) is 5.75 Å². The number of fused-ring (bicyclic) bond motifs is 1. The molecule has 1 aromatic heterocycles. The van der Waals surface area contributed by atoms with E-state index in [1.54, 1.807) is 14.2 Å². The highest BCUT2D eigenvalue weighted by atomic mass is 16.5. The number of methoxy groups -OCH3 is 2. The lowest BCUT2D eigenvalue weighted by atomic mass is 10.0. The Balaban J connectivity index is 2.19. The number of pyridine rings is 1. The highest BCUT2D eigenvalue weighted by molar-refractivity contribution is 5.85. The zero-order valence-corrected chi connectivity index (χ0v) is 13.3. The van der Waals surface area contributed by atoms with Crippen LogP contribution < -0.4 is 9.47 Å². The normalized spacial score (nSPS) is 10.7. The van der Waals surface area contributed by atoms with Crippen LogP contribution in [0.3, 0.4) is 0 Å². The minimum Gasteiger partial charge on any atom is -0.493 e. The highest BCUT2D eigenvalue weighted by Crippen LogP contribution is 2.33. The fourth-order valence-corrected chi connectivity index (χ4v) is 2.61. The van der Waals surface area contributed by atoms with Gasteiger partial charge in [-0.3, -0.25) is 0 Å². The molecule has 0 radical (unpaired) electrons. The molecule has 0 unspecified atom stereocenters. The summed E-state index contributed by atoms with van der Waals surface area (Å²) in [5.41, 5.74) is 5.49. The minimum absolute atomic E-state index is 0.695. The molecule has 0 saturated heterocycles. The van der Waals surface area contributed by atoms with Gasteiger partial charge in [-0.15, -0.1) is 0 Å². The van der Waals surface area contributed by atoms with E-state index in [4.69, 9.17) is 14.5 Å². The summed E-state index contributed by atoms with van der Waals surface area (Å²) in [5.74, 6) is 1.41. The van der Waals surface area contributed by atoms with E-state index in [1.807, 2.05) is 12.1 Å². The first-order chi connectivity index (χ1) is 10.6. The van der Waals surface area contributed by atoms with Gasteiger partial charge in [-0.1, -0.05) is 23.8 Å². The van der Waals surface area contributed by atoms with Crippen LogP contribution >= 0.6 is 0 Å². The van der Waals surface area contributed by atoms with E-state index in [-0.39, 0.29) is 0 Å². The first-order valence-electron chi connectivity index (χ1n) is 7.23. The Morgan fingerprint density at radius 3 is 2.27 bits per heavy atom. The molecular formula is C19H19NO2. The number of benzene rings is 2. The molecule has 3 aromatic rings. The SMILES string of the molecule is COc1cc2ccc(-c3cc(C)ccc3C)nc2cc1OC. The van der Waals surface area contributed by atoms with Gasteiger partial charge in [0.25, 0.3) is 0 Å². The molecule has 112 valence electrons.